The SMILES string of the molecule is CCc1cc(C(C)(c2ccc(C(C)(C)c3cc(CCO)c(O)c(CCO)c3)cc2)c2cc(CCO)c(O)c(COC)c2)cc(COC)c1O. The number of ether oxygens (including phenoxy) is 2. The van der Waals surface area contributed by atoms with Crippen molar-refractivity contribution < 1.29 is 40.1 Å². The molecule has 6 N–H and O–H groups in total. The highest BCUT2D eigenvalue weighted by molar-refractivity contribution is 5.58. The topological polar surface area (TPSA) is 140 Å². The normalized spacial score (nSPS) is 13.1. The van der Waals surface area contributed by atoms with Crippen LogP contribution >= 0.6 is 0 Å². The summed E-state index contributed by atoms with van der Waals surface area (Å²) in [6.45, 7) is 8.45. The molecule has 0 fully saturated rings. The molecule has 264 valence electrons. The van der Waals surface area contributed by atoms with Crippen LogP contribution in [0.25, 0.3) is 0 Å². The molecule has 4 aromatic rings. The van der Waals surface area contributed by atoms with Crippen LogP contribution in [-0.4, -0.2) is 64.7 Å². The van der Waals surface area contributed by atoms with Gasteiger partial charge in [-0.3, -0.25) is 0 Å². The lowest BCUT2D eigenvalue weighted by atomic mass is 9.68. The van der Waals surface area contributed by atoms with Crippen LogP contribution < -0.4 is 0 Å². The van der Waals surface area contributed by atoms with E-state index in [0.717, 1.165) is 33.4 Å². The van der Waals surface area contributed by atoms with Crippen LogP contribution in [0.2, 0.25) is 0 Å². The third-order valence-electron chi connectivity index (χ3n) is 9.99. The maximum Gasteiger partial charge on any atom is 0.124 e. The second kappa shape index (κ2) is 16.2. The van der Waals surface area contributed by atoms with Gasteiger partial charge in [-0.1, -0.05) is 69.3 Å². The Morgan fingerprint density at radius 2 is 0.837 bits per heavy atom. The highest BCUT2D eigenvalue weighted by Gasteiger charge is 2.35. The molecule has 1 atom stereocenters. The van der Waals surface area contributed by atoms with Crippen LogP contribution in [0.4, 0.5) is 0 Å². The van der Waals surface area contributed by atoms with Crippen LogP contribution in [0.15, 0.2) is 60.7 Å². The molecule has 4 aromatic carbocycles. The van der Waals surface area contributed by atoms with Crippen molar-refractivity contribution in [2.75, 3.05) is 34.0 Å². The van der Waals surface area contributed by atoms with Gasteiger partial charge in [0.1, 0.15) is 17.2 Å². The fourth-order valence-electron chi connectivity index (χ4n) is 6.84. The quantitative estimate of drug-likeness (QED) is 0.0804. The standard InChI is InChI=1S/C41H52O8/c1-7-26-18-35(22-30(24-48-5)37(26)45)41(4,36-21-29(14-17-44)39(47)31(23-36)25-49-6)33-10-8-32(9-11-33)40(2,3)34-19-27(12-15-42)38(46)28(20-34)13-16-43/h8-11,18-23,42-47H,7,12-17,24-25H2,1-6H3. The molecule has 0 amide bonds. The number of aliphatic hydroxyl groups is 3. The number of phenols is 3. The fourth-order valence-corrected chi connectivity index (χ4v) is 6.84. The molecule has 0 radical (unpaired) electrons. The second-order valence-corrected chi connectivity index (χ2v) is 13.4. The van der Waals surface area contributed by atoms with Crippen LogP contribution in [0.5, 0.6) is 17.2 Å². The summed E-state index contributed by atoms with van der Waals surface area (Å²) in [5.74, 6) is 0.438. The van der Waals surface area contributed by atoms with Gasteiger partial charge in [0.05, 0.1) is 13.2 Å². The minimum absolute atomic E-state index is 0.101. The van der Waals surface area contributed by atoms with Crippen molar-refractivity contribution in [2.45, 2.75) is 77.4 Å². The first-order valence-corrected chi connectivity index (χ1v) is 16.9. The average molecular weight is 673 g/mol. The highest BCUT2D eigenvalue weighted by atomic mass is 16.5. The Kier molecular flexibility index (Phi) is 12.5. The van der Waals surface area contributed by atoms with Gasteiger partial charge in [-0.25, -0.2) is 0 Å². The number of hydrogen-bond acceptors (Lipinski definition) is 8. The Labute approximate surface area is 290 Å². The molecule has 0 aliphatic heterocycles. The summed E-state index contributed by atoms with van der Waals surface area (Å²) in [6, 6.07) is 20.2. The Bertz CT molecular complexity index is 1670. The van der Waals surface area contributed by atoms with Gasteiger partial charge < -0.3 is 40.1 Å². The number of aryl methyl sites for hydroxylation is 1. The molecule has 1 unspecified atom stereocenters. The summed E-state index contributed by atoms with van der Waals surface area (Å²) in [5, 5.41) is 62.2. The molecule has 0 spiro atoms. The third kappa shape index (κ3) is 7.64. The van der Waals surface area contributed by atoms with E-state index in [9.17, 15) is 30.6 Å². The monoisotopic (exact) mass is 672 g/mol. The van der Waals surface area contributed by atoms with E-state index in [1.807, 2.05) is 43.3 Å². The predicted molar refractivity (Wildman–Crippen MR) is 192 cm³/mol. The van der Waals surface area contributed by atoms with Gasteiger partial charge in [-0.2, -0.15) is 0 Å². The maximum absolute atomic E-state index is 11.1. The van der Waals surface area contributed by atoms with E-state index in [4.69, 9.17) is 9.47 Å². The largest absolute Gasteiger partial charge is 0.507 e. The first-order valence-electron chi connectivity index (χ1n) is 16.9. The average Bonchev–Trinajstić information content (AvgIpc) is 3.09. The third-order valence-corrected chi connectivity index (χ3v) is 9.99. The summed E-state index contributed by atoms with van der Waals surface area (Å²) in [5.41, 5.74) is 7.52. The number of methoxy groups -OCH3 is 2. The highest BCUT2D eigenvalue weighted by Crippen LogP contribution is 2.45. The van der Waals surface area contributed by atoms with Gasteiger partial charge in [0.15, 0.2) is 0 Å². The minimum atomic E-state index is -0.774. The molecular weight excluding hydrogens is 620 g/mol. The molecule has 0 bridgehead atoms. The summed E-state index contributed by atoms with van der Waals surface area (Å²) >= 11 is 0. The van der Waals surface area contributed by atoms with Crippen molar-refractivity contribution in [3.8, 4) is 17.2 Å². The first-order chi connectivity index (χ1) is 23.4. The van der Waals surface area contributed by atoms with Gasteiger partial charge in [0.2, 0.25) is 0 Å². The van der Waals surface area contributed by atoms with Gasteiger partial charge in [0.25, 0.3) is 0 Å². The fraction of sp³-hybridized carbons (Fsp3) is 0.415. The van der Waals surface area contributed by atoms with E-state index in [1.165, 1.54) is 0 Å². The molecule has 0 heterocycles. The molecule has 0 saturated carbocycles. The van der Waals surface area contributed by atoms with E-state index in [-0.39, 0.29) is 56.7 Å². The molecular formula is C41H52O8. The van der Waals surface area contributed by atoms with Crippen LogP contribution in [0.3, 0.4) is 0 Å². The molecule has 4 rings (SSSR count). The van der Waals surface area contributed by atoms with Gasteiger partial charge in [-0.15, -0.1) is 0 Å². The molecule has 0 aliphatic carbocycles. The Morgan fingerprint density at radius 1 is 0.490 bits per heavy atom. The van der Waals surface area contributed by atoms with Gasteiger partial charge in [0, 0.05) is 56.0 Å². The van der Waals surface area contributed by atoms with Crippen molar-refractivity contribution in [3.63, 3.8) is 0 Å². The summed E-state index contributed by atoms with van der Waals surface area (Å²) < 4.78 is 10.9. The zero-order valence-electron chi connectivity index (χ0n) is 29.6. The van der Waals surface area contributed by atoms with Crippen LogP contribution in [0.1, 0.15) is 88.9 Å². The Morgan fingerprint density at radius 3 is 1.24 bits per heavy atom. The Balaban J connectivity index is 1.96. The molecule has 0 aromatic heterocycles. The summed E-state index contributed by atoms with van der Waals surface area (Å²) in [4.78, 5) is 0. The smallest absolute Gasteiger partial charge is 0.124 e. The van der Waals surface area contributed by atoms with Crippen molar-refractivity contribution in [3.05, 3.63) is 122 Å². The van der Waals surface area contributed by atoms with Crippen molar-refractivity contribution in [1.29, 1.82) is 0 Å². The zero-order valence-corrected chi connectivity index (χ0v) is 29.6. The van der Waals surface area contributed by atoms with Crippen molar-refractivity contribution >= 4 is 0 Å². The van der Waals surface area contributed by atoms with Crippen molar-refractivity contribution in [2.24, 2.45) is 0 Å². The van der Waals surface area contributed by atoms with Crippen molar-refractivity contribution in [1.82, 2.24) is 0 Å². The van der Waals surface area contributed by atoms with Gasteiger partial charge >= 0.3 is 0 Å². The number of rotatable bonds is 16. The number of aromatic hydroxyl groups is 3. The zero-order chi connectivity index (χ0) is 35.9. The lowest BCUT2D eigenvalue weighted by Crippen LogP contribution is -2.27. The summed E-state index contributed by atoms with van der Waals surface area (Å²) in [6.07, 6.45) is 1.49. The lowest BCUT2D eigenvalue weighted by Gasteiger charge is -2.35. The van der Waals surface area contributed by atoms with E-state index in [1.54, 1.807) is 14.2 Å². The van der Waals surface area contributed by atoms with Crippen LogP contribution in [-0.2, 0) is 59.2 Å². The molecule has 8 heteroatoms. The number of benzene rings is 4. The second-order valence-electron chi connectivity index (χ2n) is 13.4. The van der Waals surface area contributed by atoms with Crippen LogP contribution in [0, 0.1) is 0 Å². The predicted octanol–water partition coefficient (Wildman–Crippen LogP) is 5.94. The summed E-state index contributed by atoms with van der Waals surface area (Å²) in [7, 11) is 3.18. The molecule has 0 saturated heterocycles. The molecule has 0 aliphatic rings. The van der Waals surface area contributed by atoms with E-state index >= 15 is 0 Å². The lowest BCUT2D eigenvalue weighted by molar-refractivity contribution is 0.181. The van der Waals surface area contributed by atoms with Gasteiger partial charge in [-0.05, 0) is 94.8 Å². The number of hydrogen-bond donors (Lipinski definition) is 6. The number of phenolic OH excluding ortho intramolecular Hbond substituents is 3. The maximum atomic E-state index is 11.1. The number of aliphatic hydroxyl groups excluding tert-OH is 3. The van der Waals surface area contributed by atoms with E-state index < -0.39 is 10.8 Å². The Hall–Kier alpha value is -3.92. The molecule has 8 nitrogen and oxygen atoms in total. The van der Waals surface area contributed by atoms with E-state index in [0.29, 0.717) is 47.1 Å². The minimum Gasteiger partial charge on any atom is -0.507 e. The van der Waals surface area contributed by atoms with E-state index in [2.05, 4.69) is 45.0 Å². The first kappa shape index (κ1) is 37.9. The molecule has 49 heavy (non-hydrogen) atoms.